The molecule has 1 N–H and O–H groups in total. The van der Waals surface area contributed by atoms with E-state index in [0.29, 0.717) is 12.0 Å². The van der Waals surface area contributed by atoms with E-state index in [-0.39, 0.29) is 0 Å². The fraction of sp³-hybridized carbons (Fsp3) is 0.625. The van der Waals surface area contributed by atoms with Crippen LogP contribution in [0.4, 0.5) is 0 Å². The van der Waals surface area contributed by atoms with E-state index in [2.05, 4.69) is 56.4 Å². The molecule has 0 amide bonds. The van der Waals surface area contributed by atoms with Crippen LogP contribution in [0.3, 0.4) is 0 Å². The molecular weight excluding hydrogens is 206 g/mol. The minimum atomic E-state index is 0.646. The average molecular weight is 233 g/mol. The van der Waals surface area contributed by atoms with Crippen LogP contribution < -0.4 is 5.32 Å². The van der Waals surface area contributed by atoms with E-state index in [4.69, 9.17) is 0 Å². The minimum absolute atomic E-state index is 0.646. The van der Waals surface area contributed by atoms with Gasteiger partial charge in [-0.3, -0.25) is 0 Å². The predicted octanol–water partition coefficient (Wildman–Crippen LogP) is 4.35. The Morgan fingerprint density at radius 3 is 2.41 bits per heavy atom. The maximum atomic E-state index is 3.59. The maximum absolute atomic E-state index is 3.59. The third-order valence-corrected chi connectivity index (χ3v) is 3.42. The number of nitrogens with one attached hydrogen (secondary N) is 1. The quantitative estimate of drug-likeness (QED) is 0.658. The maximum Gasteiger partial charge on any atom is 0.00389 e. The lowest BCUT2D eigenvalue weighted by atomic mass is 9.94. The van der Waals surface area contributed by atoms with Gasteiger partial charge in [0.1, 0.15) is 0 Å². The van der Waals surface area contributed by atoms with Gasteiger partial charge in [0.25, 0.3) is 0 Å². The Kier molecular flexibility index (Phi) is 6.95. The van der Waals surface area contributed by atoms with Gasteiger partial charge in [0.15, 0.2) is 0 Å². The Labute approximate surface area is 107 Å². The van der Waals surface area contributed by atoms with Crippen molar-refractivity contribution in [3.05, 3.63) is 35.9 Å². The second-order valence-electron chi connectivity index (χ2n) is 5.10. The highest BCUT2D eigenvalue weighted by Crippen LogP contribution is 2.20. The van der Waals surface area contributed by atoms with Gasteiger partial charge in [-0.05, 0) is 44.2 Å². The molecule has 1 heteroatoms. The molecule has 1 aromatic rings. The van der Waals surface area contributed by atoms with Crippen molar-refractivity contribution in [1.29, 1.82) is 0 Å². The number of hydrogen-bond acceptors (Lipinski definition) is 1. The van der Waals surface area contributed by atoms with Crippen LogP contribution in [-0.4, -0.2) is 12.6 Å². The fourth-order valence-corrected chi connectivity index (χ4v) is 2.08. The standard InChI is InChI=1S/C16H27N/c1-4-5-13-17-15(3)12-11-14(2)16-9-7-6-8-10-16/h6-10,14-15,17H,4-5,11-13H2,1-3H3. The zero-order valence-electron chi connectivity index (χ0n) is 11.6. The van der Waals surface area contributed by atoms with Crippen LogP contribution >= 0.6 is 0 Å². The van der Waals surface area contributed by atoms with Crippen LogP contribution in [0.15, 0.2) is 30.3 Å². The largest absolute Gasteiger partial charge is 0.314 e. The molecular formula is C16H27N. The monoisotopic (exact) mass is 233 g/mol. The molecule has 1 aromatic carbocycles. The number of rotatable bonds is 8. The van der Waals surface area contributed by atoms with E-state index >= 15 is 0 Å². The first-order valence-corrected chi connectivity index (χ1v) is 7.02. The van der Waals surface area contributed by atoms with Gasteiger partial charge < -0.3 is 5.32 Å². The Bertz CT molecular complexity index is 281. The summed E-state index contributed by atoms with van der Waals surface area (Å²) in [4.78, 5) is 0. The van der Waals surface area contributed by atoms with E-state index in [0.717, 1.165) is 6.54 Å². The third-order valence-electron chi connectivity index (χ3n) is 3.42. The van der Waals surface area contributed by atoms with Crippen molar-refractivity contribution in [3.8, 4) is 0 Å². The van der Waals surface area contributed by atoms with Gasteiger partial charge in [-0.25, -0.2) is 0 Å². The first-order valence-electron chi connectivity index (χ1n) is 7.02. The first kappa shape index (κ1) is 14.2. The highest BCUT2D eigenvalue weighted by atomic mass is 14.9. The average Bonchev–Trinajstić information content (AvgIpc) is 2.37. The molecule has 2 atom stereocenters. The summed E-state index contributed by atoms with van der Waals surface area (Å²) < 4.78 is 0. The Morgan fingerprint density at radius 2 is 1.76 bits per heavy atom. The highest BCUT2D eigenvalue weighted by molar-refractivity contribution is 5.18. The summed E-state index contributed by atoms with van der Waals surface area (Å²) in [6, 6.07) is 11.5. The van der Waals surface area contributed by atoms with Gasteiger partial charge in [-0.1, -0.05) is 50.6 Å². The number of benzene rings is 1. The van der Waals surface area contributed by atoms with Crippen LogP contribution in [0.25, 0.3) is 0 Å². The van der Waals surface area contributed by atoms with Crippen molar-refractivity contribution in [2.24, 2.45) is 0 Å². The van der Waals surface area contributed by atoms with Crippen molar-refractivity contribution < 1.29 is 0 Å². The molecule has 0 aromatic heterocycles. The topological polar surface area (TPSA) is 12.0 Å². The van der Waals surface area contributed by atoms with Crippen molar-refractivity contribution >= 4 is 0 Å². The Morgan fingerprint density at radius 1 is 1.06 bits per heavy atom. The summed E-state index contributed by atoms with van der Waals surface area (Å²) in [5, 5.41) is 3.59. The zero-order chi connectivity index (χ0) is 12.5. The van der Waals surface area contributed by atoms with Crippen LogP contribution in [0.1, 0.15) is 57.9 Å². The summed E-state index contributed by atoms with van der Waals surface area (Å²) in [7, 11) is 0. The van der Waals surface area contributed by atoms with Crippen molar-refractivity contribution in [2.45, 2.75) is 58.4 Å². The second-order valence-corrected chi connectivity index (χ2v) is 5.10. The van der Waals surface area contributed by atoms with Gasteiger partial charge in [-0.2, -0.15) is 0 Å². The normalized spacial score (nSPS) is 14.5. The molecule has 0 aliphatic carbocycles. The highest BCUT2D eigenvalue weighted by Gasteiger charge is 2.07. The van der Waals surface area contributed by atoms with Gasteiger partial charge >= 0.3 is 0 Å². The van der Waals surface area contributed by atoms with E-state index in [9.17, 15) is 0 Å². The number of unbranched alkanes of at least 4 members (excludes halogenated alkanes) is 1. The van der Waals surface area contributed by atoms with Crippen LogP contribution in [0, 0.1) is 0 Å². The lowest BCUT2D eigenvalue weighted by molar-refractivity contribution is 0.472. The molecule has 1 nitrogen and oxygen atoms in total. The van der Waals surface area contributed by atoms with Gasteiger partial charge in [0, 0.05) is 6.04 Å². The molecule has 0 aliphatic rings. The molecule has 0 radical (unpaired) electrons. The van der Waals surface area contributed by atoms with Crippen molar-refractivity contribution in [3.63, 3.8) is 0 Å². The summed E-state index contributed by atoms with van der Waals surface area (Å²) in [6.45, 7) is 8.03. The molecule has 96 valence electrons. The zero-order valence-corrected chi connectivity index (χ0v) is 11.6. The Hall–Kier alpha value is -0.820. The van der Waals surface area contributed by atoms with E-state index in [1.807, 2.05) is 0 Å². The molecule has 0 spiro atoms. The van der Waals surface area contributed by atoms with Crippen molar-refractivity contribution in [1.82, 2.24) is 5.32 Å². The van der Waals surface area contributed by atoms with Gasteiger partial charge in [0.05, 0.1) is 0 Å². The molecule has 17 heavy (non-hydrogen) atoms. The van der Waals surface area contributed by atoms with Gasteiger partial charge in [-0.15, -0.1) is 0 Å². The van der Waals surface area contributed by atoms with Crippen LogP contribution in [-0.2, 0) is 0 Å². The molecule has 0 bridgehead atoms. The Balaban J connectivity index is 2.21. The molecule has 1 rings (SSSR count). The smallest absolute Gasteiger partial charge is 0.00389 e. The van der Waals surface area contributed by atoms with Crippen LogP contribution in [0.2, 0.25) is 0 Å². The fourth-order valence-electron chi connectivity index (χ4n) is 2.08. The SMILES string of the molecule is CCCCNC(C)CCC(C)c1ccccc1. The summed E-state index contributed by atoms with van der Waals surface area (Å²) >= 11 is 0. The predicted molar refractivity (Wildman–Crippen MR) is 76.5 cm³/mol. The van der Waals surface area contributed by atoms with Crippen molar-refractivity contribution in [2.75, 3.05) is 6.54 Å². The molecule has 2 unspecified atom stereocenters. The summed E-state index contributed by atoms with van der Waals surface area (Å²) in [6.07, 6.45) is 5.10. The van der Waals surface area contributed by atoms with Gasteiger partial charge in [0.2, 0.25) is 0 Å². The summed E-state index contributed by atoms with van der Waals surface area (Å²) in [5.74, 6) is 0.673. The lowest BCUT2D eigenvalue weighted by Crippen LogP contribution is -2.27. The molecule has 0 saturated heterocycles. The molecule has 0 aliphatic heterocycles. The number of hydrogen-bond donors (Lipinski definition) is 1. The first-order chi connectivity index (χ1) is 8.24. The third kappa shape index (κ3) is 5.88. The van der Waals surface area contributed by atoms with Crippen LogP contribution in [0.5, 0.6) is 0 Å². The molecule has 0 saturated carbocycles. The van der Waals surface area contributed by atoms with E-state index < -0.39 is 0 Å². The summed E-state index contributed by atoms with van der Waals surface area (Å²) in [5.41, 5.74) is 1.47. The molecule has 0 heterocycles. The molecule has 0 fully saturated rings. The minimum Gasteiger partial charge on any atom is -0.314 e. The van der Waals surface area contributed by atoms with E-state index in [1.54, 1.807) is 0 Å². The van der Waals surface area contributed by atoms with E-state index in [1.165, 1.54) is 31.2 Å². The lowest BCUT2D eigenvalue weighted by Gasteiger charge is -2.17. The second kappa shape index (κ2) is 8.30.